The number of nitrogens with zero attached hydrogens (tertiary/aromatic N) is 2. The number of guanidine groups is 2. The molecule has 0 spiro atoms. The van der Waals surface area contributed by atoms with Crippen LogP contribution in [0, 0.1) is 0 Å². The molecule has 16 heavy (non-hydrogen) atoms. The fourth-order valence-corrected chi connectivity index (χ4v) is 1.68. The molecule has 0 unspecified atom stereocenters. The second kappa shape index (κ2) is 5.04. The lowest BCUT2D eigenvalue weighted by molar-refractivity contribution is 0.472. The first kappa shape index (κ1) is 12.6. The molecule has 0 aromatic heterocycles. The summed E-state index contributed by atoms with van der Waals surface area (Å²) in [5.41, 5.74) is 16.1. The van der Waals surface area contributed by atoms with Crippen LogP contribution in [-0.4, -0.2) is 17.0 Å². The van der Waals surface area contributed by atoms with Gasteiger partial charge < -0.3 is 22.3 Å². The lowest BCUT2D eigenvalue weighted by Gasteiger charge is -2.02. The third kappa shape index (κ3) is 3.28. The average molecular weight is 307 g/mol. The van der Waals surface area contributed by atoms with E-state index in [1.54, 1.807) is 0 Å². The lowest BCUT2D eigenvalue weighted by atomic mass is 10.3. The van der Waals surface area contributed by atoms with E-state index in [1.807, 2.05) is 0 Å². The summed E-state index contributed by atoms with van der Waals surface area (Å²) in [4.78, 5) is 7.42. The van der Waals surface area contributed by atoms with E-state index in [4.69, 9.17) is 28.8 Å². The molecule has 0 amide bonds. The second-order valence-corrected chi connectivity index (χ2v) is 4.03. The second-order valence-electron chi connectivity index (χ2n) is 2.76. The first-order valence-corrected chi connectivity index (χ1v) is 5.19. The number of aromatic hydroxyl groups is 1. The van der Waals surface area contributed by atoms with Crippen LogP contribution in [-0.2, 0) is 0 Å². The molecule has 0 radical (unpaired) electrons. The zero-order valence-electron chi connectivity index (χ0n) is 7.98. The number of benzene rings is 1. The van der Waals surface area contributed by atoms with E-state index in [2.05, 4.69) is 25.9 Å². The summed E-state index contributed by atoms with van der Waals surface area (Å²) in [7, 11) is 0. The average Bonchev–Trinajstić information content (AvgIpc) is 2.12. The van der Waals surface area contributed by atoms with Crippen molar-refractivity contribution in [3.8, 4) is 5.75 Å². The lowest BCUT2D eigenvalue weighted by Crippen LogP contribution is -2.26. The van der Waals surface area contributed by atoms with Crippen LogP contribution >= 0.6 is 27.5 Å². The first-order valence-electron chi connectivity index (χ1n) is 4.02. The van der Waals surface area contributed by atoms with Crippen LogP contribution in [0.5, 0.6) is 5.75 Å². The first-order chi connectivity index (χ1) is 7.40. The van der Waals surface area contributed by atoms with Gasteiger partial charge in [-0.15, -0.1) is 0 Å². The van der Waals surface area contributed by atoms with E-state index < -0.39 is 0 Å². The Kier molecular flexibility index (Phi) is 3.97. The van der Waals surface area contributed by atoms with Gasteiger partial charge in [0.2, 0.25) is 5.96 Å². The Bertz CT molecular complexity index is 446. The molecule has 6 nitrogen and oxygen atoms in total. The number of hydrogen-bond acceptors (Lipinski definition) is 2. The van der Waals surface area contributed by atoms with Crippen molar-refractivity contribution in [2.45, 2.75) is 0 Å². The zero-order valence-corrected chi connectivity index (χ0v) is 10.3. The molecule has 0 saturated heterocycles. The number of phenols is 1. The van der Waals surface area contributed by atoms with Gasteiger partial charge in [0, 0.05) is 0 Å². The van der Waals surface area contributed by atoms with Crippen molar-refractivity contribution in [3.63, 3.8) is 0 Å². The fraction of sp³-hybridized carbons (Fsp3) is 0. The predicted octanol–water partition coefficient (Wildman–Crippen LogP) is 1.03. The molecule has 1 aromatic rings. The maximum atomic E-state index is 9.38. The number of rotatable bonds is 1. The molecule has 0 aliphatic heterocycles. The Morgan fingerprint density at radius 1 is 1.31 bits per heavy atom. The van der Waals surface area contributed by atoms with Gasteiger partial charge in [0.15, 0.2) is 5.96 Å². The third-order valence-electron chi connectivity index (χ3n) is 1.49. The van der Waals surface area contributed by atoms with E-state index in [1.165, 1.54) is 12.1 Å². The van der Waals surface area contributed by atoms with Crippen LogP contribution < -0.4 is 17.2 Å². The minimum Gasteiger partial charge on any atom is -0.505 e. The van der Waals surface area contributed by atoms with Gasteiger partial charge in [0.05, 0.1) is 15.2 Å². The topological polar surface area (TPSA) is 123 Å². The summed E-state index contributed by atoms with van der Waals surface area (Å²) >= 11 is 8.84. The molecule has 7 N–H and O–H groups in total. The van der Waals surface area contributed by atoms with E-state index in [9.17, 15) is 5.11 Å². The summed E-state index contributed by atoms with van der Waals surface area (Å²) < 4.78 is 0.399. The molecule has 8 heteroatoms. The standard InChI is InChI=1S/C8H9BrClN5O/c9-4-1-3(2-5(10)6(4)16)14-8(13)15-7(11)12/h1-2,16H,(H6,11,12,13,14,15). The van der Waals surface area contributed by atoms with Crippen molar-refractivity contribution in [2.24, 2.45) is 27.2 Å². The van der Waals surface area contributed by atoms with Gasteiger partial charge in [-0.2, -0.15) is 4.99 Å². The largest absolute Gasteiger partial charge is 0.505 e. The monoisotopic (exact) mass is 305 g/mol. The molecule has 0 aliphatic carbocycles. The minimum atomic E-state index is -0.190. The molecule has 86 valence electrons. The van der Waals surface area contributed by atoms with Crippen molar-refractivity contribution in [1.29, 1.82) is 0 Å². The molecule has 1 rings (SSSR count). The summed E-state index contributed by atoms with van der Waals surface area (Å²) in [6, 6.07) is 2.95. The molecular weight excluding hydrogens is 297 g/mol. The highest BCUT2D eigenvalue weighted by Crippen LogP contribution is 2.35. The number of phenolic OH excluding ortho intramolecular Hbond substituents is 1. The van der Waals surface area contributed by atoms with Crippen LogP contribution in [0.1, 0.15) is 0 Å². The Labute approximate surface area is 105 Å². The van der Waals surface area contributed by atoms with Crippen molar-refractivity contribution in [2.75, 3.05) is 0 Å². The molecular formula is C8H9BrClN5O. The number of aliphatic imine (C=N–C) groups is 2. The summed E-state index contributed by atoms with van der Waals surface area (Å²) in [5.74, 6) is -0.361. The van der Waals surface area contributed by atoms with Crippen molar-refractivity contribution in [1.82, 2.24) is 0 Å². The van der Waals surface area contributed by atoms with E-state index in [0.29, 0.717) is 10.2 Å². The highest BCUT2D eigenvalue weighted by molar-refractivity contribution is 9.10. The van der Waals surface area contributed by atoms with E-state index in [0.717, 1.165) is 0 Å². The van der Waals surface area contributed by atoms with Gasteiger partial charge in [-0.25, -0.2) is 4.99 Å². The molecule has 0 saturated carbocycles. The Morgan fingerprint density at radius 3 is 2.44 bits per heavy atom. The molecule has 0 bridgehead atoms. The van der Waals surface area contributed by atoms with Crippen LogP contribution in [0.2, 0.25) is 5.02 Å². The van der Waals surface area contributed by atoms with Gasteiger partial charge in [-0.1, -0.05) is 11.6 Å². The van der Waals surface area contributed by atoms with Gasteiger partial charge in [0.25, 0.3) is 0 Å². The highest BCUT2D eigenvalue weighted by atomic mass is 79.9. The van der Waals surface area contributed by atoms with Gasteiger partial charge in [-0.3, -0.25) is 0 Å². The van der Waals surface area contributed by atoms with Crippen LogP contribution in [0.3, 0.4) is 0 Å². The Morgan fingerprint density at radius 2 is 1.94 bits per heavy atom. The SMILES string of the molecule is NC(N)=NC(N)=Nc1cc(Cl)c(O)c(Br)c1. The number of nitrogens with two attached hydrogens (primary N) is 3. The van der Waals surface area contributed by atoms with E-state index >= 15 is 0 Å². The van der Waals surface area contributed by atoms with E-state index in [-0.39, 0.29) is 22.7 Å². The summed E-state index contributed by atoms with van der Waals surface area (Å²) in [6.45, 7) is 0. The molecule has 0 fully saturated rings. The van der Waals surface area contributed by atoms with Gasteiger partial charge in [-0.05, 0) is 28.1 Å². The normalized spacial score (nSPS) is 11.2. The number of hydrogen-bond donors (Lipinski definition) is 4. The number of halogens is 2. The molecule has 0 atom stereocenters. The third-order valence-corrected chi connectivity index (χ3v) is 2.38. The van der Waals surface area contributed by atoms with Crippen LogP contribution in [0.4, 0.5) is 5.69 Å². The summed E-state index contributed by atoms with van der Waals surface area (Å²) in [6.07, 6.45) is 0. The van der Waals surface area contributed by atoms with Crippen molar-refractivity contribution < 1.29 is 5.11 Å². The Balaban J connectivity index is 3.12. The molecule has 0 heterocycles. The quantitative estimate of drug-likeness (QED) is 0.457. The molecule has 0 aliphatic rings. The fourth-order valence-electron chi connectivity index (χ4n) is 0.906. The minimum absolute atomic E-state index is 0.0685. The van der Waals surface area contributed by atoms with Crippen molar-refractivity contribution >= 4 is 45.1 Å². The van der Waals surface area contributed by atoms with Crippen molar-refractivity contribution in [3.05, 3.63) is 21.6 Å². The van der Waals surface area contributed by atoms with Gasteiger partial charge in [0.1, 0.15) is 5.75 Å². The zero-order chi connectivity index (χ0) is 12.3. The van der Waals surface area contributed by atoms with Crippen LogP contribution in [0.25, 0.3) is 0 Å². The predicted molar refractivity (Wildman–Crippen MR) is 67.9 cm³/mol. The molecule has 1 aromatic carbocycles. The maximum absolute atomic E-state index is 9.38. The van der Waals surface area contributed by atoms with Gasteiger partial charge >= 0.3 is 0 Å². The summed E-state index contributed by atoms with van der Waals surface area (Å²) in [5, 5.41) is 9.53. The Hall–Kier alpha value is -1.47. The van der Waals surface area contributed by atoms with Crippen LogP contribution in [0.15, 0.2) is 26.6 Å². The smallest absolute Gasteiger partial charge is 0.223 e. The highest BCUT2D eigenvalue weighted by Gasteiger charge is 2.05. The maximum Gasteiger partial charge on any atom is 0.223 e.